The van der Waals surface area contributed by atoms with Crippen molar-refractivity contribution >= 4 is 11.7 Å². The fourth-order valence-corrected chi connectivity index (χ4v) is 2.06. The highest BCUT2D eigenvalue weighted by atomic mass is 16.5. The highest BCUT2D eigenvalue weighted by molar-refractivity contribution is 5.75. The van der Waals surface area contributed by atoms with E-state index in [9.17, 15) is 4.79 Å². The van der Waals surface area contributed by atoms with Gasteiger partial charge in [-0.15, -0.1) is 0 Å². The first-order chi connectivity index (χ1) is 9.44. The zero-order valence-corrected chi connectivity index (χ0v) is 12.6. The third-order valence-corrected chi connectivity index (χ3v) is 3.23. The minimum atomic E-state index is -0.504. The molecular weight excluding hydrogens is 256 g/mol. The number of benzene rings is 1. The summed E-state index contributed by atoms with van der Waals surface area (Å²) in [5.74, 6) is 0.0969. The molecule has 0 fully saturated rings. The van der Waals surface area contributed by atoms with Crippen molar-refractivity contribution in [3.8, 4) is 5.75 Å². The largest absolute Gasteiger partial charge is 0.497 e. The van der Waals surface area contributed by atoms with Crippen molar-refractivity contribution in [1.82, 2.24) is 0 Å². The Morgan fingerprint density at radius 3 is 2.40 bits per heavy atom. The van der Waals surface area contributed by atoms with Crippen molar-refractivity contribution in [2.24, 2.45) is 11.7 Å². The summed E-state index contributed by atoms with van der Waals surface area (Å²) in [6.45, 7) is 6.25. The fraction of sp³-hybridized carbons (Fsp3) is 0.533. The van der Waals surface area contributed by atoms with Gasteiger partial charge >= 0.3 is 5.97 Å². The van der Waals surface area contributed by atoms with Gasteiger partial charge in [0.15, 0.2) is 0 Å². The van der Waals surface area contributed by atoms with Gasteiger partial charge < -0.3 is 20.5 Å². The van der Waals surface area contributed by atoms with E-state index >= 15 is 0 Å². The molecule has 3 N–H and O–H groups in total. The number of carbonyl (C=O) groups is 1. The molecule has 0 aliphatic rings. The molecule has 0 aliphatic carbocycles. The lowest BCUT2D eigenvalue weighted by molar-refractivity contribution is -0.149. The molecule has 0 amide bonds. The van der Waals surface area contributed by atoms with Gasteiger partial charge in [-0.05, 0) is 45.0 Å². The molecule has 5 heteroatoms. The van der Waals surface area contributed by atoms with Gasteiger partial charge in [0.05, 0.1) is 19.6 Å². The second kappa shape index (κ2) is 7.14. The Morgan fingerprint density at radius 2 is 1.95 bits per heavy atom. The van der Waals surface area contributed by atoms with Crippen molar-refractivity contribution in [3.63, 3.8) is 0 Å². The first-order valence-corrected chi connectivity index (χ1v) is 6.73. The minimum Gasteiger partial charge on any atom is -0.497 e. The van der Waals surface area contributed by atoms with E-state index in [4.69, 9.17) is 15.2 Å². The third kappa shape index (κ3) is 4.13. The van der Waals surface area contributed by atoms with E-state index in [-0.39, 0.29) is 12.5 Å². The molecule has 0 aromatic heterocycles. The van der Waals surface area contributed by atoms with Crippen molar-refractivity contribution < 1.29 is 14.3 Å². The van der Waals surface area contributed by atoms with Gasteiger partial charge in [-0.2, -0.15) is 0 Å². The molecule has 0 aliphatic heterocycles. The Morgan fingerprint density at radius 1 is 1.35 bits per heavy atom. The smallest absolute Gasteiger partial charge is 0.312 e. The van der Waals surface area contributed by atoms with Crippen molar-refractivity contribution in [1.29, 1.82) is 0 Å². The normalized spacial score (nSPS) is 12.7. The number of esters is 1. The number of methoxy groups -OCH3 is 1. The van der Waals surface area contributed by atoms with Crippen molar-refractivity contribution in [2.45, 2.75) is 26.3 Å². The molecule has 5 nitrogen and oxygen atoms in total. The molecule has 1 rings (SSSR count). The number of anilines is 1. The van der Waals surface area contributed by atoms with Crippen LogP contribution in [0.5, 0.6) is 5.75 Å². The van der Waals surface area contributed by atoms with Crippen LogP contribution in [0, 0.1) is 5.92 Å². The van der Waals surface area contributed by atoms with Crippen LogP contribution in [0.15, 0.2) is 24.3 Å². The van der Waals surface area contributed by atoms with Gasteiger partial charge in [0, 0.05) is 17.8 Å². The van der Waals surface area contributed by atoms with E-state index in [1.54, 1.807) is 14.0 Å². The molecule has 0 spiro atoms. The van der Waals surface area contributed by atoms with E-state index in [0.717, 1.165) is 11.4 Å². The first kappa shape index (κ1) is 16.3. The maximum absolute atomic E-state index is 11.9. The summed E-state index contributed by atoms with van der Waals surface area (Å²) in [4.78, 5) is 11.9. The van der Waals surface area contributed by atoms with Gasteiger partial charge in [-0.3, -0.25) is 4.79 Å². The summed E-state index contributed by atoms with van der Waals surface area (Å²) in [6, 6.07) is 7.53. The molecule has 112 valence electrons. The van der Waals surface area contributed by atoms with Gasteiger partial charge in [0.2, 0.25) is 0 Å². The lowest BCUT2D eigenvalue weighted by Crippen LogP contribution is -2.48. The Hall–Kier alpha value is -1.75. The molecule has 0 saturated carbocycles. The Bertz CT molecular complexity index is 429. The Kier molecular flexibility index (Phi) is 5.82. The van der Waals surface area contributed by atoms with Gasteiger partial charge in [-0.1, -0.05) is 0 Å². The minimum absolute atomic E-state index is 0.231. The maximum Gasteiger partial charge on any atom is 0.312 e. The average Bonchev–Trinajstić information content (AvgIpc) is 2.39. The summed E-state index contributed by atoms with van der Waals surface area (Å²) in [7, 11) is 1.62. The quantitative estimate of drug-likeness (QED) is 0.748. The zero-order chi connectivity index (χ0) is 15.2. The van der Waals surface area contributed by atoms with Crippen LogP contribution in [0.25, 0.3) is 0 Å². The van der Waals surface area contributed by atoms with Crippen LogP contribution in [-0.4, -0.2) is 31.8 Å². The lowest BCUT2D eigenvalue weighted by Gasteiger charge is -2.34. The Labute approximate surface area is 120 Å². The molecular formula is C15H24N2O3. The maximum atomic E-state index is 11.9. The number of ether oxygens (including phenoxy) is 2. The summed E-state index contributed by atoms with van der Waals surface area (Å²) < 4.78 is 10.2. The lowest BCUT2D eigenvalue weighted by atomic mass is 9.87. The van der Waals surface area contributed by atoms with Crippen LogP contribution < -0.4 is 15.8 Å². The summed E-state index contributed by atoms with van der Waals surface area (Å²) in [5.41, 5.74) is 6.13. The second-order valence-electron chi connectivity index (χ2n) is 5.12. The monoisotopic (exact) mass is 280 g/mol. The number of rotatable bonds is 7. The topological polar surface area (TPSA) is 73.6 Å². The van der Waals surface area contributed by atoms with Crippen LogP contribution in [0.3, 0.4) is 0 Å². The van der Waals surface area contributed by atoms with Crippen molar-refractivity contribution in [3.05, 3.63) is 24.3 Å². The summed E-state index contributed by atoms with van der Waals surface area (Å²) in [6.07, 6.45) is 0. The molecule has 0 unspecified atom stereocenters. The molecule has 20 heavy (non-hydrogen) atoms. The highest BCUT2D eigenvalue weighted by Crippen LogP contribution is 2.25. The van der Waals surface area contributed by atoms with E-state index in [1.807, 2.05) is 38.1 Å². The van der Waals surface area contributed by atoms with Gasteiger partial charge in [0.25, 0.3) is 0 Å². The molecule has 0 bridgehead atoms. The molecule has 1 aromatic rings. The van der Waals surface area contributed by atoms with E-state index in [2.05, 4.69) is 5.32 Å². The highest BCUT2D eigenvalue weighted by Gasteiger charge is 2.35. The molecule has 0 saturated heterocycles. The summed E-state index contributed by atoms with van der Waals surface area (Å²) >= 11 is 0. The van der Waals surface area contributed by atoms with Crippen LogP contribution in [0.2, 0.25) is 0 Å². The predicted octanol–water partition coefficient (Wildman–Crippen LogP) is 2.02. The SMILES string of the molecule is CCOC(=O)[C@@H](CN)C(C)(C)Nc1ccc(OC)cc1. The van der Waals surface area contributed by atoms with E-state index < -0.39 is 11.5 Å². The second-order valence-corrected chi connectivity index (χ2v) is 5.12. The summed E-state index contributed by atoms with van der Waals surface area (Å²) in [5, 5.41) is 3.32. The molecule has 1 atom stereocenters. The molecule has 0 radical (unpaired) electrons. The number of carbonyl (C=O) groups excluding carboxylic acids is 1. The van der Waals surface area contributed by atoms with Crippen LogP contribution in [-0.2, 0) is 9.53 Å². The number of nitrogens with one attached hydrogen (secondary N) is 1. The van der Waals surface area contributed by atoms with Gasteiger partial charge in [-0.25, -0.2) is 0 Å². The first-order valence-electron chi connectivity index (χ1n) is 6.73. The average molecular weight is 280 g/mol. The van der Waals surface area contributed by atoms with Crippen molar-refractivity contribution in [2.75, 3.05) is 25.6 Å². The van der Waals surface area contributed by atoms with Crippen LogP contribution >= 0.6 is 0 Å². The third-order valence-electron chi connectivity index (χ3n) is 3.23. The number of nitrogens with two attached hydrogens (primary N) is 1. The standard InChI is InChI=1S/C15H24N2O3/c1-5-20-14(18)13(10-16)15(2,3)17-11-6-8-12(19-4)9-7-11/h6-9,13,17H,5,10,16H2,1-4H3/t13-/m1/s1. The molecule has 1 aromatic carbocycles. The number of hydrogen-bond donors (Lipinski definition) is 2. The van der Waals surface area contributed by atoms with E-state index in [1.165, 1.54) is 0 Å². The zero-order valence-electron chi connectivity index (χ0n) is 12.6. The molecule has 0 heterocycles. The Balaban J connectivity index is 2.82. The van der Waals surface area contributed by atoms with Gasteiger partial charge in [0.1, 0.15) is 5.75 Å². The van der Waals surface area contributed by atoms with E-state index in [0.29, 0.717) is 6.61 Å². The fourth-order valence-electron chi connectivity index (χ4n) is 2.06. The van der Waals surface area contributed by atoms with Crippen LogP contribution in [0.4, 0.5) is 5.69 Å². The number of hydrogen-bond acceptors (Lipinski definition) is 5. The van der Waals surface area contributed by atoms with Crippen LogP contribution in [0.1, 0.15) is 20.8 Å². The predicted molar refractivity (Wildman–Crippen MR) is 79.9 cm³/mol.